The third-order valence-electron chi connectivity index (χ3n) is 4.06. The molecule has 0 aromatic carbocycles. The molecule has 0 aliphatic heterocycles. The molecular formula is C14H31O4PSi. The molecule has 0 spiro atoms. The Morgan fingerprint density at radius 1 is 1.10 bits per heavy atom. The van der Waals surface area contributed by atoms with Crippen molar-refractivity contribution in [3.8, 4) is 0 Å². The van der Waals surface area contributed by atoms with Gasteiger partial charge in [-0.15, -0.1) is 0 Å². The van der Waals surface area contributed by atoms with E-state index in [-0.39, 0.29) is 11.6 Å². The lowest BCUT2D eigenvalue weighted by Crippen LogP contribution is -2.38. The summed E-state index contributed by atoms with van der Waals surface area (Å²) in [6, 6.07) is 0. The zero-order valence-electron chi connectivity index (χ0n) is 14.3. The summed E-state index contributed by atoms with van der Waals surface area (Å²) in [7, 11) is -4.93. The van der Waals surface area contributed by atoms with Gasteiger partial charge in [-0.1, -0.05) is 45.1 Å². The minimum absolute atomic E-state index is 0.260. The molecule has 0 N–H and O–H groups in total. The molecule has 0 aromatic rings. The Balaban J connectivity index is 4.75. The van der Waals surface area contributed by atoms with Crippen LogP contribution in [0.25, 0.3) is 0 Å². The SMILES string of the molecule is CCOP(=O)(OCC)OC/C=C(\C)[Si](C)(C)C(C)(C)C. The van der Waals surface area contributed by atoms with Crippen molar-refractivity contribution < 1.29 is 18.1 Å². The predicted octanol–water partition coefficient (Wildman–Crippen LogP) is 5.18. The number of phosphoric ester groups is 1. The maximum Gasteiger partial charge on any atom is 0.475 e. The molecule has 0 heterocycles. The van der Waals surface area contributed by atoms with Gasteiger partial charge in [0.1, 0.15) is 0 Å². The first-order valence-electron chi connectivity index (χ1n) is 7.21. The fourth-order valence-corrected chi connectivity index (χ4v) is 4.42. The smallest absolute Gasteiger partial charge is 0.287 e. The Kier molecular flexibility index (Phi) is 7.93. The van der Waals surface area contributed by atoms with Gasteiger partial charge in [-0.05, 0) is 25.8 Å². The van der Waals surface area contributed by atoms with Gasteiger partial charge in [0.15, 0.2) is 0 Å². The summed E-state index contributed by atoms with van der Waals surface area (Å²) in [5, 5.41) is 1.61. The molecule has 0 aromatic heterocycles. The first kappa shape index (κ1) is 20.1. The van der Waals surface area contributed by atoms with Crippen molar-refractivity contribution in [2.45, 2.75) is 59.7 Å². The van der Waals surface area contributed by atoms with Crippen LogP contribution in [0, 0.1) is 0 Å². The molecule has 120 valence electrons. The van der Waals surface area contributed by atoms with Crippen LogP contribution in [-0.4, -0.2) is 27.9 Å². The summed E-state index contributed by atoms with van der Waals surface area (Å²) in [5.41, 5.74) is 0. The molecule has 0 rings (SSSR count). The second-order valence-corrected chi connectivity index (χ2v) is 13.5. The van der Waals surface area contributed by atoms with Crippen molar-refractivity contribution in [1.82, 2.24) is 0 Å². The Hall–Kier alpha value is 0.0669. The standard InChI is InChI=1S/C14H31O4PSi/c1-9-16-19(15,17-10-2)18-12-11-13(3)20(7,8)14(4,5)6/h11H,9-10,12H2,1-8H3/b13-11+. The van der Waals surface area contributed by atoms with Gasteiger partial charge in [-0.25, -0.2) is 4.57 Å². The Bertz CT molecular complexity index is 362. The van der Waals surface area contributed by atoms with Crippen molar-refractivity contribution in [1.29, 1.82) is 0 Å². The van der Waals surface area contributed by atoms with Crippen LogP contribution in [0.4, 0.5) is 0 Å². The molecule has 0 aliphatic rings. The van der Waals surface area contributed by atoms with E-state index in [0.717, 1.165) is 0 Å². The van der Waals surface area contributed by atoms with Gasteiger partial charge < -0.3 is 0 Å². The van der Waals surface area contributed by atoms with Gasteiger partial charge in [0, 0.05) is 0 Å². The third-order valence-corrected chi connectivity index (χ3v) is 11.6. The van der Waals surface area contributed by atoms with E-state index in [1.165, 1.54) is 5.20 Å². The zero-order valence-corrected chi connectivity index (χ0v) is 16.2. The number of hydrogen-bond donors (Lipinski definition) is 0. The Labute approximate surface area is 125 Å². The van der Waals surface area contributed by atoms with E-state index in [1.807, 2.05) is 6.08 Å². The molecule has 20 heavy (non-hydrogen) atoms. The van der Waals surface area contributed by atoms with Crippen LogP contribution in [0.15, 0.2) is 11.3 Å². The van der Waals surface area contributed by atoms with E-state index in [4.69, 9.17) is 13.6 Å². The van der Waals surface area contributed by atoms with Gasteiger partial charge in [0.25, 0.3) is 0 Å². The Morgan fingerprint density at radius 3 is 1.90 bits per heavy atom. The highest BCUT2D eigenvalue weighted by molar-refractivity contribution is 7.48. The van der Waals surface area contributed by atoms with E-state index < -0.39 is 15.9 Å². The highest BCUT2D eigenvalue weighted by Gasteiger charge is 2.36. The topological polar surface area (TPSA) is 44.8 Å². The molecule has 0 radical (unpaired) electrons. The van der Waals surface area contributed by atoms with Crippen LogP contribution < -0.4 is 0 Å². The summed E-state index contributed by atoms with van der Waals surface area (Å²) >= 11 is 0. The summed E-state index contributed by atoms with van der Waals surface area (Å²) in [6.07, 6.45) is 2.02. The summed E-state index contributed by atoms with van der Waals surface area (Å²) in [5.74, 6) is 0. The summed E-state index contributed by atoms with van der Waals surface area (Å²) in [6.45, 7) is 18.0. The van der Waals surface area contributed by atoms with Gasteiger partial charge in [-0.3, -0.25) is 13.6 Å². The Morgan fingerprint density at radius 2 is 1.55 bits per heavy atom. The van der Waals surface area contributed by atoms with Gasteiger partial charge in [0.2, 0.25) is 0 Å². The van der Waals surface area contributed by atoms with Crippen LogP contribution in [0.5, 0.6) is 0 Å². The lowest BCUT2D eigenvalue weighted by molar-refractivity contribution is 0.131. The third kappa shape index (κ3) is 5.82. The normalized spacial score (nSPS) is 14.7. The van der Waals surface area contributed by atoms with Crippen molar-refractivity contribution in [2.24, 2.45) is 0 Å². The van der Waals surface area contributed by atoms with E-state index in [0.29, 0.717) is 13.2 Å². The molecule has 0 fully saturated rings. The van der Waals surface area contributed by atoms with Crippen molar-refractivity contribution in [3.63, 3.8) is 0 Å². The molecule has 0 saturated carbocycles. The first-order chi connectivity index (χ1) is 9.00. The fraction of sp³-hybridized carbons (Fsp3) is 0.857. The fourth-order valence-electron chi connectivity index (χ4n) is 1.53. The average molecular weight is 322 g/mol. The molecule has 4 nitrogen and oxygen atoms in total. The molecule has 0 unspecified atom stereocenters. The average Bonchev–Trinajstić information content (AvgIpc) is 2.27. The van der Waals surface area contributed by atoms with Crippen molar-refractivity contribution in [3.05, 3.63) is 11.3 Å². The zero-order chi connectivity index (χ0) is 16.0. The van der Waals surface area contributed by atoms with Crippen molar-refractivity contribution in [2.75, 3.05) is 19.8 Å². The lowest BCUT2D eigenvalue weighted by atomic mass is 10.2. The van der Waals surface area contributed by atoms with E-state index in [2.05, 4.69) is 40.8 Å². The van der Waals surface area contributed by atoms with Gasteiger partial charge in [-0.2, -0.15) is 0 Å². The lowest BCUT2D eigenvalue weighted by Gasteiger charge is -2.38. The molecule has 0 aliphatic carbocycles. The molecule has 0 amide bonds. The van der Waals surface area contributed by atoms with E-state index in [9.17, 15) is 4.57 Å². The predicted molar refractivity (Wildman–Crippen MR) is 87.8 cm³/mol. The second kappa shape index (κ2) is 7.90. The van der Waals surface area contributed by atoms with Gasteiger partial charge >= 0.3 is 7.82 Å². The molecule has 0 saturated heterocycles. The van der Waals surface area contributed by atoms with Gasteiger partial charge in [0.05, 0.1) is 27.9 Å². The minimum atomic E-state index is -3.40. The quantitative estimate of drug-likeness (QED) is 0.456. The maximum atomic E-state index is 12.2. The highest BCUT2D eigenvalue weighted by Crippen LogP contribution is 2.49. The van der Waals surface area contributed by atoms with E-state index in [1.54, 1.807) is 13.8 Å². The second-order valence-electron chi connectivity index (χ2n) is 6.34. The maximum absolute atomic E-state index is 12.2. The molecule has 0 atom stereocenters. The molecular weight excluding hydrogens is 291 g/mol. The molecule has 0 bridgehead atoms. The summed E-state index contributed by atoms with van der Waals surface area (Å²) in [4.78, 5) is 0. The van der Waals surface area contributed by atoms with E-state index >= 15 is 0 Å². The van der Waals surface area contributed by atoms with Crippen LogP contribution in [0.2, 0.25) is 18.1 Å². The monoisotopic (exact) mass is 322 g/mol. The first-order valence-corrected chi connectivity index (χ1v) is 11.7. The van der Waals surface area contributed by atoms with Crippen LogP contribution in [-0.2, 0) is 18.1 Å². The number of rotatable bonds is 8. The number of phosphoric acid groups is 1. The molecule has 6 heteroatoms. The summed E-state index contributed by atoms with van der Waals surface area (Å²) < 4.78 is 27.7. The number of allylic oxidation sites excluding steroid dienone is 1. The number of hydrogen-bond acceptors (Lipinski definition) is 4. The van der Waals surface area contributed by atoms with Crippen LogP contribution in [0.1, 0.15) is 41.5 Å². The highest BCUT2D eigenvalue weighted by atomic mass is 31.2. The largest absolute Gasteiger partial charge is 0.475 e. The van der Waals surface area contributed by atoms with Crippen molar-refractivity contribution >= 4 is 15.9 Å². The van der Waals surface area contributed by atoms with Crippen LogP contribution in [0.3, 0.4) is 0 Å². The van der Waals surface area contributed by atoms with Crippen LogP contribution >= 0.6 is 7.82 Å². The minimum Gasteiger partial charge on any atom is -0.287 e.